The van der Waals surface area contributed by atoms with Gasteiger partial charge in [0.15, 0.2) is 0 Å². The molecule has 0 aliphatic carbocycles. The van der Waals surface area contributed by atoms with E-state index in [1.807, 2.05) is 0 Å². The molecule has 1 heterocycles. The van der Waals surface area contributed by atoms with Crippen molar-refractivity contribution >= 4 is 17.7 Å². The van der Waals surface area contributed by atoms with Crippen molar-refractivity contribution in [2.45, 2.75) is 25.5 Å². The van der Waals surface area contributed by atoms with E-state index in [1.165, 1.54) is 17.5 Å². The summed E-state index contributed by atoms with van der Waals surface area (Å²) in [4.78, 5) is 11.7. The van der Waals surface area contributed by atoms with Gasteiger partial charge in [-0.15, -0.1) is 11.8 Å². The summed E-state index contributed by atoms with van der Waals surface area (Å²) in [7, 11) is 0. The maximum Gasteiger partial charge on any atom is 0.230 e. The fourth-order valence-corrected chi connectivity index (χ4v) is 3.30. The van der Waals surface area contributed by atoms with Crippen LogP contribution in [-0.4, -0.2) is 31.3 Å². The maximum absolute atomic E-state index is 11.7. The number of hydrogen-bond acceptors (Lipinski definition) is 3. The average molecular weight is 292 g/mol. The van der Waals surface area contributed by atoms with Gasteiger partial charge in [-0.1, -0.05) is 29.8 Å². The molecule has 0 radical (unpaired) electrons. The molecule has 2 rings (SSSR count). The van der Waals surface area contributed by atoms with Gasteiger partial charge in [-0.2, -0.15) is 0 Å². The third kappa shape index (κ3) is 5.55. The molecule has 1 saturated heterocycles. The highest BCUT2D eigenvalue weighted by Crippen LogP contribution is 2.13. The van der Waals surface area contributed by atoms with Crippen LogP contribution < -0.4 is 10.6 Å². The molecule has 0 aromatic heterocycles. The first-order valence-electron chi connectivity index (χ1n) is 7.35. The van der Waals surface area contributed by atoms with E-state index in [0.29, 0.717) is 5.75 Å². The Labute approximate surface area is 125 Å². The van der Waals surface area contributed by atoms with Crippen LogP contribution in [0.2, 0.25) is 0 Å². The lowest BCUT2D eigenvalue weighted by molar-refractivity contribution is -0.118. The second kappa shape index (κ2) is 8.32. The van der Waals surface area contributed by atoms with Gasteiger partial charge in [-0.3, -0.25) is 4.79 Å². The molecule has 0 bridgehead atoms. The molecule has 20 heavy (non-hydrogen) atoms. The smallest absolute Gasteiger partial charge is 0.230 e. The van der Waals surface area contributed by atoms with E-state index >= 15 is 0 Å². The van der Waals surface area contributed by atoms with Crippen molar-refractivity contribution in [3.63, 3.8) is 0 Å². The van der Waals surface area contributed by atoms with Gasteiger partial charge in [-0.25, -0.2) is 0 Å². The number of carbonyl (C=O) groups is 1. The molecule has 110 valence electrons. The van der Waals surface area contributed by atoms with Crippen molar-refractivity contribution < 1.29 is 4.79 Å². The van der Waals surface area contributed by atoms with Crippen LogP contribution in [0, 0.1) is 12.8 Å². The molecule has 0 spiro atoms. The van der Waals surface area contributed by atoms with Crippen molar-refractivity contribution in [1.82, 2.24) is 10.6 Å². The van der Waals surface area contributed by atoms with Crippen LogP contribution in [0.1, 0.15) is 24.0 Å². The lowest BCUT2D eigenvalue weighted by Gasteiger charge is -2.09. The summed E-state index contributed by atoms with van der Waals surface area (Å²) in [5.41, 5.74) is 2.57. The Bertz CT molecular complexity index is 430. The second-order valence-corrected chi connectivity index (χ2v) is 6.46. The Kier molecular flexibility index (Phi) is 6.40. The van der Waals surface area contributed by atoms with Gasteiger partial charge in [0.2, 0.25) is 5.91 Å². The molecular weight excluding hydrogens is 268 g/mol. The standard InChI is InChI=1S/C16H24N2OS/c1-13-3-2-4-15(9-13)11-20-12-16(19)18-8-6-14-5-7-17-10-14/h2-4,9,14,17H,5-8,10-12H2,1H3,(H,18,19). The highest BCUT2D eigenvalue weighted by Gasteiger charge is 2.13. The van der Waals surface area contributed by atoms with Crippen LogP contribution in [0.15, 0.2) is 24.3 Å². The van der Waals surface area contributed by atoms with Crippen molar-refractivity contribution in [1.29, 1.82) is 0 Å². The molecule has 1 amide bonds. The van der Waals surface area contributed by atoms with Crippen LogP contribution in [0.25, 0.3) is 0 Å². The minimum atomic E-state index is 0.161. The summed E-state index contributed by atoms with van der Waals surface area (Å²) >= 11 is 1.68. The van der Waals surface area contributed by atoms with Crippen molar-refractivity contribution in [3.05, 3.63) is 35.4 Å². The third-order valence-corrected chi connectivity index (χ3v) is 4.63. The van der Waals surface area contributed by atoms with E-state index in [9.17, 15) is 4.79 Å². The van der Waals surface area contributed by atoms with Crippen LogP contribution >= 0.6 is 11.8 Å². The molecule has 1 aliphatic heterocycles. The summed E-state index contributed by atoms with van der Waals surface area (Å²) in [6.45, 7) is 5.15. The number of carbonyl (C=O) groups excluding carboxylic acids is 1. The van der Waals surface area contributed by atoms with Gasteiger partial charge in [-0.05, 0) is 44.3 Å². The van der Waals surface area contributed by atoms with Crippen molar-refractivity contribution in [3.8, 4) is 0 Å². The van der Waals surface area contributed by atoms with Gasteiger partial charge in [0.25, 0.3) is 0 Å². The molecule has 3 nitrogen and oxygen atoms in total. The number of amides is 1. The highest BCUT2D eigenvalue weighted by atomic mass is 32.2. The monoisotopic (exact) mass is 292 g/mol. The Morgan fingerprint density at radius 3 is 3.15 bits per heavy atom. The fourth-order valence-electron chi connectivity index (χ4n) is 2.49. The topological polar surface area (TPSA) is 41.1 Å². The van der Waals surface area contributed by atoms with Crippen LogP contribution in [0.3, 0.4) is 0 Å². The van der Waals surface area contributed by atoms with E-state index in [0.717, 1.165) is 37.7 Å². The summed E-state index contributed by atoms with van der Waals surface area (Å²) in [6.07, 6.45) is 2.35. The SMILES string of the molecule is Cc1cccc(CSCC(=O)NCCC2CCNC2)c1. The highest BCUT2D eigenvalue weighted by molar-refractivity contribution is 7.99. The Morgan fingerprint density at radius 1 is 1.50 bits per heavy atom. The van der Waals surface area contributed by atoms with E-state index in [-0.39, 0.29) is 5.91 Å². The predicted octanol–water partition coefficient (Wildman–Crippen LogP) is 2.34. The normalized spacial score (nSPS) is 18.1. The Morgan fingerprint density at radius 2 is 2.40 bits per heavy atom. The predicted molar refractivity (Wildman–Crippen MR) is 85.9 cm³/mol. The molecule has 1 fully saturated rings. The van der Waals surface area contributed by atoms with Crippen LogP contribution in [0.4, 0.5) is 0 Å². The Balaban J connectivity index is 1.55. The van der Waals surface area contributed by atoms with E-state index in [4.69, 9.17) is 0 Å². The van der Waals surface area contributed by atoms with E-state index in [1.54, 1.807) is 11.8 Å². The molecule has 0 saturated carbocycles. The lowest BCUT2D eigenvalue weighted by Crippen LogP contribution is -2.27. The summed E-state index contributed by atoms with van der Waals surface area (Å²) in [5, 5.41) is 6.37. The molecule has 2 N–H and O–H groups in total. The van der Waals surface area contributed by atoms with Crippen molar-refractivity contribution in [2.75, 3.05) is 25.4 Å². The second-order valence-electron chi connectivity index (χ2n) is 5.48. The number of aryl methyl sites for hydroxylation is 1. The minimum Gasteiger partial charge on any atom is -0.355 e. The number of nitrogens with one attached hydrogen (secondary N) is 2. The average Bonchev–Trinajstić information content (AvgIpc) is 2.92. The molecular formula is C16H24N2OS. The van der Waals surface area contributed by atoms with Crippen molar-refractivity contribution in [2.24, 2.45) is 5.92 Å². The Hall–Kier alpha value is -1.00. The number of thioether (sulfide) groups is 1. The van der Waals surface area contributed by atoms with Gasteiger partial charge < -0.3 is 10.6 Å². The number of benzene rings is 1. The first-order valence-corrected chi connectivity index (χ1v) is 8.50. The minimum absolute atomic E-state index is 0.161. The molecule has 1 aromatic rings. The molecule has 1 aliphatic rings. The summed E-state index contributed by atoms with van der Waals surface area (Å²) in [5.74, 6) is 2.36. The zero-order valence-corrected chi connectivity index (χ0v) is 13.0. The summed E-state index contributed by atoms with van der Waals surface area (Å²) < 4.78 is 0. The molecule has 1 atom stereocenters. The zero-order valence-electron chi connectivity index (χ0n) is 12.2. The van der Waals surface area contributed by atoms with Crippen LogP contribution in [-0.2, 0) is 10.5 Å². The third-order valence-electron chi connectivity index (χ3n) is 3.62. The maximum atomic E-state index is 11.7. The largest absolute Gasteiger partial charge is 0.355 e. The van der Waals surface area contributed by atoms with Gasteiger partial charge in [0.1, 0.15) is 0 Å². The van der Waals surface area contributed by atoms with E-state index in [2.05, 4.69) is 41.8 Å². The lowest BCUT2D eigenvalue weighted by atomic mass is 10.1. The van der Waals surface area contributed by atoms with Gasteiger partial charge in [0, 0.05) is 12.3 Å². The number of hydrogen-bond donors (Lipinski definition) is 2. The quantitative estimate of drug-likeness (QED) is 0.810. The molecule has 1 unspecified atom stereocenters. The van der Waals surface area contributed by atoms with Gasteiger partial charge >= 0.3 is 0 Å². The summed E-state index contributed by atoms with van der Waals surface area (Å²) in [6, 6.07) is 8.46. The zero-order chi connectivity index (χ0) is 14.2. The number of rotatable bonds is 7. The van der Waals surface area contributed by atoms with Gasteiger partial charge in [0.05, 0.1) is 5.75 Å². The van der Waals surface area contributed by atoms with Crippen LogP contribution in [0.5, 0.6) is 0 Å². The fraction of sp³-hybridized carbons (Fsp3) is 0.562. The van der Waals surface area contributed by atoms with E-state index < -0.39 is 0 Å². The first-order chi connectivity index (χ1) is 9.74. The molecule has 1 aromatic carbocycles. The first kappa shape index (κ1) is 15.4. The molecule has 4 heteroatoms.